The number of nitrogens with one attached hydrogen (secondary N) is 1. The van der Waals surface area contributed by atoms with Gasteiger partial charge >= 0.3 is 0 Å². The van der Waals surface area contributed by atoms with Crippen LogP contribution in [-0.2, 0) is 6.42 Å². The van der Waals surface area contributed by atoms with E-state index in [1.54, 1.807) is 18.2 Å². The van der Waals surface area contributed by atoms with Gasteiger partial charge in [-0.3, -0.25) is 0 Å². The number of hydrogen-bond acceptors (Lipinski definition) is 3. The Bertz CT molecular complexity index is 564. The molecule has 0 heterocycles. The van der Waals surface area contributed by atoms with Gasteiger partial charge in [-0.05, 0) is 56.0 Å². The van der Waals surface area contributed by atoms with Gasteiger partial charge in [0.15, 0.2) is 0 Å². The van der Waals surface area contributed by atoms with Gasteiger partial charge in [0, 0.05) is 17.8 Å². The van der Waals surface area contributed by atoms with Crippen molar-refractivity contribution in [2.45, 2.75) is 32.7 Å². The molecule has 2 aromatic carbocycles. The van der Waals surface area contributed by atoms with Crippen molar-refractivity contribution in [3.63, 3.8) is 0 Å². The fourth-order valence-corrected chi connectivity index (χ4v) is 2.10. The maximum absolute atomic E-state index is 9.68. The van der Waals surface area contributed by atoms with Gasteiger partial charge < -0.3 is 15.5 Å². The van der Waals surface area contributed by atoms with Crippen LogP contribution in [-0.4, -0.2) is 16.3 Å². The van der Waals surface area contributed by atoms with Crippen molar-refractivity contribution in [1.29, 1.82) is 0 Å². The van der Waals surface area contributed by atoms with E-state index in [2.05, 4.69) is 12.2 Å². The molecule has 0 spiro atoms. The van der Waals surface area contributed by atoms with Gasteiger partial charge in [-0.25, -0.2) is 0 Å². The molecule has 2 aromatic rings. The number of phenols is 2. The lowest BCUT2D eigenvalue weighted by Crippen LogP contribution is -2.15. The predicted molar refractivity (Wildman–Crippen MR) is 82.4 cm³/mol. The van der Waals surface area contributed by atoms with E-state index in [1.807, 2.05) is 31.2 Å². The summed E-state index contributed by atoms with van der Waals surface area (Å²) in [4.78, 5) is 0. The van der Waals surface area contributed by atoms with E-state index in [9.17, 15) is 10.2 Å². The molecular formula is C17H21NO2. The summed E-state index contributed by atoms with van der Waals surface area (Å²) in [5.41, 5.74) is 3.03. The Morgan fingerprint density at radius 3 is 2.40 bits per heavy atom. The third kappa shape index (κ3) is 3.92. The van der Waals surface area contributed by atoms with Crippen LogP contribution < -0.4 is 5.32 Å². The summed E-state index contributed by atoms with van der Waals surface area (Å²) in [7, 11) is 0. The molecule has 2 rings (SSSR count). The molecule has 0 aliphatic heterocycles. The normalized spacial score (nSPS) is 12.1. The van der Waals surface area contributed by atoms with Crippen LogP contribution in [0.25, 0.3) is 0 Å². The van der Waals surface area contributed by atoms with Gasteiger partial charge in [-0.2, -0.15) is 0 Å². The first kappa shape index (κ1) is 14.3. The lowest BCUT2D eigenvalue weighted by Gasteiger charge is -2.16. The van der Waals surface area contributed by atoms with E-state index in [1.165, 1.54) is 5.56 Å². The van der Waals surface area contributed by atoms with Crippen molar-refractivity contribution in [2.75, 3.05) is 5.32 Å². The highest BCUT2D eigenvalue weighted by atomic mass is 16.3. The van der Waals surface area contributed by atoms with E-state index in [0.717, 1.165) is 24.1 Å². The smallest absolute Gasteiger partial charge is 0.120 e. The third-order valence-corrected chi connectivity index (χ3v) is 3.42. The molecule has 0 aliphatic rings. The van der Waals surface area contributed by atoms with Gasteiger partial charge in [0.05, 0.1) is 0 Å². The summed E-state index contributed by atoms with van der Waals surface area (Å²) < 4.78 is 0. The molecule has 3 N–H and O–H groups in total. The van der Waals surface area contributed by atoms with E-state index in [4.69, 9.17) is 0 Å². The fraction of sp³-hybridized carbons (Fsp3) is 0.294. The lowest BCUT2D eigenvalue weighted by molar-refractivity contribution is 0.471. The topological polar surface area (TPSA) is 52.5 Å². The zero-order chi connectivity index (χ0) is 14.5. The van der Waals surface area contributed by atoms with Crippen LogP contribution >= 0.6 is 0 Å². The summed E-state index contributed by atoms with van der Waals surface area (Å²) in [6, 6.07) is 13.3. The van der Waals surface area contributed by atoms with E-state index >= 15 is 0 Å². The number of phenolic OH excluding ortho intramolecular Hbond substituents is 2. The molecule has 0 fully saturated rings. The highest BCUT2D eigenvalue weighted by Crippen LogP contribution is 2.22. The van der Waals surface area contributed by atoms with Crippen LogP contribution in [0.5, 0.6) is 11.5 Å². The molecule has 106 valence electrons. The molecule has 0 bridgehead atoms. The first-order valence-corrected chi connectivity index (χ1v) is 6.88. The first-order chi connectivity index (χ1) is 9.54. The molecule has 1 atom stereocenters. The molecule has 0 saturated carbocycles. The number of hydrogen-bond donors (Lipinski definition) is 3. The summed E-state index contributed by atoms with van der Waals surface area (Å²) in [6.07, 6.45) is 1.94. The molecule has 3 heteroatoms. The van der Waals surface area contributed by atoms with Crippen molar-refractivity contribution in [3.05, 3.63) is 53.6 Å². The van der Waals surface area contributed by atoms with Crippen LogP contribution in [0.2, 0.25) is 0 Å². The van der Waals surface area contributed by atoms with Crippen molar-refractivity contribution < 1.29 is 10.2 Å². The molecule has 0 saturated heterocycles. The number of benzene rings is 2. The first-order valence-electron chi connectivity index (χ1n) is 6.88. The quantitative estimate of drug-likeness (QED) is 0.774. The number of rotatable bonds is 5. The largest absolute Gasteiger partial charge is 0.508 e. The average Bonchev–Trinajstić information content (AvgIpc) is 2.42. The predicted octanol–water partition coefficient (Wildman–Crippen LogP) is 3.84. The molecule has 1 unspecified atom stereocenters. The second-order valence-corrected chi connectivity index (χ2v) is 5.25. The fourth-order valence-electron chi connectivity index (χ4n) is 2.10. The van der Waals surface area contributed by atoms with Crippen molar-refractivity contribution in [3.8, 4) is 11.5 Å². The minimum Gasteiger partial charge on any atom is -0.508 e. The molecule has 3 nitrogen and oxygen atoms in total. The van der Waals surface area contributed by atoms with Crippen LogP contribution in [0.15, 0.2) is 42.5 Å². The summed E-state index contributed by atoms with van der Waals surface area (Å²) in [5.74, 6) is 0.621. The Morgan fingerprint density at radius 2 is 1.75 bits per heavy atom. The van der Waals surface area contributed by atoms with Crippen LogP contribution in [0.3, 0.4) is 0 Å². The average molecular weight is 271 g/mol. The Balaban J connectivity index is 1.87. The summed E-state index contributed by atoms with van der Waals surface area (Å²) >= 11 is 0. The molecule has 0 aromatic heterocycles. The zero-order valence-corrected chi connectivity index (χ0v) is 11.9. The van der Waals surface area contributed by atoms with Gasteiger partial charge in [0.25, 0.3) is 0 Å². The Hall–Kier alpha value is -2.16. The van der Waals surface area contributed by atoms with Crippen molar-refractivity contribution >= 4 is 5.69 Å². The Morgan fingerprint density at radius 1 is 1.05 bits per heavy atom. The molecule has 0 amide bonds. The SMILES string of the molecule is Cc1ccc(NC(C)CCc2ccc(O)cc2)cc1O. The molecular weight excluding hydrogens is 250 g/mol. The maximum Gasteiger partial charge on any atom is 0.120 e. The molecule has 20 heavy (non-hydrogen) atoms. The molecule has 0 radical (unpaired) electrons. The van der Waals surface area contributed by atoms with E-state index in [0.29, 0.717) is 17.5 Å². The number of anilines is 1. The highest BCUT2D eigenvalue weighted by molar-refractivity contribution is 5.51. The van der Waals surface area contributed by atoms with Crippen LogP contribution in [0.1, 0.15) is 24.5 Å². The van der Waals surface area contributed by atoms with Gasteiger partial charge in [0.1, 0.15) is 11.5 Å². The molecule has 0 aliphatic carbocycles. The Kier molecular flexibility index (Phi) is 4.51. The van der Waals surface area contributed by atoms with Gasteiger partial charge in [-0.1, -0.05) is 18.2 Å². The number of aromatic hydroxyl groups is 2. The Labute approximate surface area is 119 Å². The maximum atomic E-state index is 9.68. The minimum atomic E-state index is 0.301. The van der Waals surface area contributed by atoms with Crippen molar-refractivity contribution in [2.24, 2.45) is 0 Å². The second kappa shape index (κ2) is 6.33. The van der Waals surface area contributed by atoms with Gasteiger partial charge in [0.2, 0.25) is 0 Å². The van der Waals surface area contributed by atoms with E-state index < -0.39 is 0 Å². The van der Waals surface area contributed by atoms with Crippen LogP contribution in [0.4, 0.5) is 5.69 Å². The monoisotopic (exact) mass is 271 g/mol. The zero-order valence-electron chi connectivity index (χ0n) is 11.9. The second-order valence-electron chi connectivity index (χ2n) is 5.25. The summed E-state index contributed by atoms with van der Waals surface area (Å²) in [5, 5.41) is 22.3. The third-order valence-electron chi connectivity index (χ3n) is 3.42. The van der Waals surface area contributed by atoms with Crippen LogP contribution in [0, 0.1) is 6.92 Å². The standard InChI is InChI=1S/C17H21NO2/c1-12-3-8-15(11-17(12)20)18-13(2)4-5-14-6-9-16(19)10-7-14/h3,6-11,13,18-20H,4-5H2,1-2H3. The lowest BCUT2D eigenvalue weighted by atomic mass is 10.1. The summed E-state index contributed by atoms with van der Waals surface area (Å²) in [6.45, 7) is 4.00. The number of aryl methyl sites for hydroxylation is 2. The van der Waals surface area contributed by atoms with Crippen molar-refractivity contribution in [1.82, 2.24) is 0 Å². The highest BCUT2D eigenvalue weighted by Gasteiger charge is 2.04. The minimum absolute atomic E-state index is 0.301. The van der Waals surface area contributed by atoms with E-state index in [-0.39, 0.29) is 0 Å². The van der Waals surface area contributed by atoms with Gasteiger partial charge in [-0.15, -0.1) is 0 Å².